The van der Waals surface area contributed by atoms with Gasteiger partial charge in [-0.05, 0) is 6.92 Å². The van der Waals surface area contributed by atoms with Crippen molar-refractivity contribution < 1.29 is 36.3 Å². The van der Waals surface area contributed by atoms with Crippen LogP contribution in [0.4, 0.5) is 18.9 Å². The molecule has 2 aromatic heterocycles. The summed E-state index contributed by atoms with van der Waals surface area (Å²) < 4.78 is 65.1. The Kier molecular flexibility index (Phi) is 6.01. The second kappa shape index (κ2) is 8.06. The van der Waals surface area contributed by atoms with E-state index in [0.29, 0.717) is 4.73 Å². The highest BCUT2D eigenvalue weighted by molar-refractivity contribution is 7.91. The quantitative estimate of drug-likeness (QED) is 0.473. The predicted molar refractivity (Wildman–Crippen MR) is 100 cm³/mol. The molecular formula is C17H19ClF3N4O4S+. The zero-order valence-electron chi connectivity index (χ0n) is 15.8. The Morgan fingerprint density at radius 1 is 1.47 bits per heavy atom. The van der Waals surface area contributed by atoms with Crippen LogP contribution < -0.4 is 9.63 Å². The van der Waals surface area contributed by atoms with Crippen LogP contribution in [0.15, 0.2) is 24.7 Å². The Balaban J connectivity index is 1.72. The summed E-state index contributed by atoms with van der Waals surface area (Å²) in [5, 5.41) is 13.3. The average Bonchev–Trinajstić information content (AvgIpc) is 3.03. The molecule has 0 radical (unpaired) electrons. The largest absolute Gasteiger partial charge is 0.308 e. The van der Waals surface area contributed by atoms with Crippen molar-refractivity contribution in [3.63, 3.8) is 0 Å². The Morgan fingerprint density at radius 2 is 2.13 bits per heavy atom. The first-order chi connectivity index (χ1) is 13.9. The molecule has 1 unspecified atom stereocenters. The summed E-state index contributed by atoms with van der Waals surface area (Å²) in [7, 11) is -3.82. The van der Waals surface area contributed by atoms with Crippen molar-refractivity contribution in [3.8, 4) is 5.69 Å². The molecule has 2 heterocycles. The monoisotopic (exact) mass is 467 g/mol. The molecule has 2 aromatic rings. The predicted octanol–water partition coefficient (Wildman–Crippen LogP) is 2.00. The van der Waals surface area contributed by atoms with Crippen molar-refractivity contribution in [2.75, 3.05) is 23.0 Å². The zero-order chi connectivity index (χ0) is 22.3. The van der Waals surface area contributed by atoms with Gasteiger partial charge in [0.1, 0.15) is 11.4 Å². The number of halogens is 4. The minimum atomic E-state index is -3.82. The van der Waals surface area contributed by atoms with Gasteiger partial charge in [0.2, 0.25) is 12.1 Å². The van der Waals surface area contributed by atoms with Crippen LogP contribution in [0.3, 0.4) is 0 Å². The molecule has 13 heteroatoms. The first kappa shape index (κ1) is 22.3. The molecule has 164 valence electrons. The highest BCUT2D eigenvalue weighted by Gasteiger charge is 2.58. The molecule has 1 atom stereocenters. The van der Waals surface area contributed by atoms with E-state index in [1.54, 1.807) is 6.92 Å². The molecule has 0 aromatic carbocycles. The summed E-state index contributed by atoms with van der Waals surface area (Å²) in [6.07, 6.45) is 2.46. The molecule has 1 saturated carbocycles. The van der Waals surface area contributed by atoms with E-state index in [1.807, 2.05) is 0 Å². The van der Waals surface area contributed by atoms with Crippen LogP contribution in [0, 0.1) is 11.7 Å². The van der Waals surface area contributed by atoms with Crippen molar-refractivity contribution in [1.82, 2.24) is 9.78 Å². The molecular weight excluding hydrogens is 449 g/mol. The van der Waals surface area contributed by atoms with Gasteiger partial charge in [0.25, 0.3) is 12.1 Å². The van der Waals surface area contributed by atoms with Gasteiger partial charge in [0, 0.05) is 36.1 Å². The first-order valence-corrected chi connectivity index (χ1v) is 11.2. The lowest BCUT2D eigenvalue weighted by molar-refractivity contribution is -0.905. The third-order valence-electron chi connectivity index (χ3n) is 4.67. The first-order valence-electron chi connectivity index (χ1n) is 8.97. The number of aromatic nitrogens is 3. The lowest BCUT2D eigenvalue weighted by Gasteiger charge is -2.19. The number of hydrogen-bond acceptors (Lipinski definition) is 5. The number of pyridine rings is 1. The molecule has 1 aliphatic carbocycles. The Morgan fingerprint density at radius 3 is 2.70 bits per heavy atom. The van der Waals surface area contributed by atoms with Crippen molar-refractivity contribution in [2.45, 2.75) is 25.7 Å². The van der Waals surface area contributed by atoms with E-state index in [9.17, 15) is 31.6 Å². The van der Waals surface area contributed by atoms with Crippen molar-refractivity contribution >= 4 is 33.0 Å². The summed E-state index contributed by atoms with van der Waals surface area (Å²) in [5.41, 5.74) is 0.283. The third-order valence-corrected chi connectivity index (χ3v) is 6.67. The van der Waals surface area contributed by atoms with Gasteiger partial charge in [-0.25, -0.2) is 26.3 Å². The number of carbonyl (C=O) groups is 1. The number of rotatable bonds is 8. The highest BCUT2D eigenvalue weighted by atomic mass is 35.5. The summed E-state index contributed by atoms with van der Waals surface area (Å²) in [4.78, 5) is 13.8. The van der Waals surface area contributed by atoms with E-state index in [-0.39, 0.29) is 23.1 Å². The standard InChI is InChI=1S/C17H19ClF3N4O4S/c1-2-24(15(26)3-4-30(28,29)10-11-6-17(11,20)21)14-9-25(22-16(14)18)13-5-12(19)7-23(27)8-13/h5,7-9,11,27H,2-4,6,10H2,1H3/q+1. The molecule has 30 heavy (non-hydrogen) atoms. The van der Waals surface area contributed by atoms with Crippen LogP contribution in [0.2, 0.25) is 5.15 Å². The second-order valence-corrected chi connectivity index (χ2v) is 9.59. The van der Waals surface area contributed by atoms with Crippen LogP contribution >= 0.6 is 11.6 Å². The van der Waals surface area contributed by atoms with Crippen molar-refractivity contribution in [3.05, 3.63) is 35.6 Å². The van der Waals surface area contributed by atoms with Gasteiger partial charge >= 0.3 is 0 Å². The maximum absolute atomic E-state index is 13.5. The fraction of sp³-hybridized carbons (Fsp3) is 0.471. The Bertz CT molecular complexity index is 1060. The van der Waals surface area contributed by atoms with E-state index in [2.05, 4.69) is 5.10 Å². The number of hydrogen-bond donors (Lipinski definition) is 1. The van der Waals surface area contributed by atoms with E-state index in [4.69, 9.17) is 11.6 Å². The lowest BCUT2D eigenvalue weighted by atomic mass is 10.3. The molecule has 1 aliphatic rings. The molecule has 1 amide bonds. The topological polar surface area (TPSA) is 96.4 Å². The van der Waals surface area contributed by atoms with E-state index < -0.39 is 57.7 Å². The molecule has 1 N–H and O–H groups in total. The van der Waals surface area contributed by atoms with E-state index in [0.717, 1.165) is 23.1 Å². The van der Waals surface area contributed by atoms with Gasteiger partial charge in [-0.3, -0.25) is 10.0 Å². The fourth-order valence-electron chi connectivity index (χ4n) is 3.00. The number of nitrogens with zero attached hydrogens (tertiary/aromatic N) is 4. The van der Waals surface area contributed by atoms with Crippen molar-refractivity contribution in [2.24, 2.45) is 5.92 Å². The van der Waals surface area contributed by atoms with Gasteiger partial charge in [-0.15, -0.1) is 0 Å². The fourth-order valence-corrected chi connectivity index (χ4v) is 4.86. The maximum Gasteiger partial charge on any atom is 0.257 e. The Labute approximate surface area is 175 Å². The highest BCUT2D eigenvalue weighted by Crippen LogP contribution is 2.49. The number of anilines is 1. The lowest BCUT2D eigenvalue weighted by Crippen LogP contribution is -2.32. The van der Waals surface area contributed by atoms with Crippen LogP contribution in [0.25, 0.3) is 5.69 Å². The van der Waals surface area contributed by atoms with Crippen molar-refractivity contribution in [1.29, 1.82) is 0 Å². The molecule has 1 fully saturated rings. The number of amides is 1. The number of sulfone groups is 1. The number of alkyl halides is 2. The van der Waals surface area contributed by atoms with Crippen LogP contribution in [-0.4, -0.2) is 53.3 Å². The summed E-state index contributed by atoms with van der Waals surface area (Å²) in [5.74, 6) is -6.67. The van der Waals surface area contributed by atoms with E-state index in [1.165, 1.54) is 11.1 Å². The Hall–Kier alpha value is -2.34. The van der Waals surface area contributed by atoms with Gasteiger partial charge < -0.3 is 4.90 Å². The molecule has 0 aliphatic heterocycles. The molecule has 3 rings (SSSR count). The van der Waals surface area contributed by atoms with Crippen LogP contribution in [0.5, 0.6) is 0 Å². The minimum absolute atomic E-state index is 0.0977. The number of carbonyl (C=O) groups excluding carboxylic acids is 1. The SMILES string of the molecule is CCN(C(=O)CCS(=O)(=O)CC1CC1(F)F)c1cn(-c2cc(F)c[n+](O)c2)nc1Cl. The minimum Gasteiger partial charge on any atom is -0.308 e. The van der Waals surface area contributed by atoms with Crippen LogP contribution in [0.1, 0.15) is 19.8 Å². The third kappa shape index (κ3) is 5.04. The summed E-state index contributed by atoms with van der Waals surface area (Å²) in [6, 6.07) is 1.08. The van der Waals surface area contributed by atoms with Gasteiger partial charge in [-0.2, -0.15) is 5.10 Å². The second-order valence-electron chi connectivity index (χ2n) is 7.01. The van der Waals surface area contributed by atoms with Gasteiger partial charge in [0.15, 0.2) is 20.8 Å². The van der Waals surface area contributed by atoms with Gasteiger partial charge in [-0.1, -0.05) is 11.6 Å². The van der Waals surface area contributed by atoms with Gasteiger partial charge in [0.05, 0.1) is 17.7 Å². The zero-order valence-corrected chi connectivity index (χ0v) is 17.4. The summed E-state index contributed by atoms with van der Waals surface area (Å²) >= 11 is 6.10. The molecule has 0 bridgehead atoms. The van der Waals surface area contributed by atoms with E-state index >= 15 is 0 Å². The summed E-state index contributed by atoms with van der Waals surface area (Å²) in [6.45, 7) is 1.77. The maximum atomic E-state index is 13.5. The molecule has 8 nitrogen and oxygen atoms in total. The average molecular weight is 468 g/mol. The molecule has 0 spiro atoms. The van der Waals surface area contributed by atoms with Crippen LogP contribution in [-0.2, 0) is 14.6 Å². The molecule has 0 saturated heterocycles. The smallest absolute Gasteiger partial charge is 0.257 e. The normalized spacial score (nSPS) is 17.7.